The van der Waals surface area contributed by atoms with Crippen molar-refractivity contribution in [2.75, 3.05) is 10.7 Å². The van der Waals surface area contributed by atoms with E-state index in [1.807, 2.05) is 0 Å². The number of nitrogens with one attached hydrogen (secondary N) is 2. The van der Waals surface area contributed by atoms with E-state index in [0.717, 1.165) is 50.2 Å². The zero-order valence-corrected chi connectivity index (χ0v) is 12.1. The lowest BCUT2D eigenvalue weighted by Crippen LogP contribution is -2.33. The molecule has 1 aliphatic rings. The molecule has 0 spiro atoms. The minimum Gasteiger partial charge on any atom is -0.391 e. The molecule has 112 valence electrons. The van der Waals surface area contributed by atoms with E-state index in [-0.39, 0.29) is 12.1 Å². The van der Waals surface area contributed by atoms with E-state index in [0.29, 0.717) is 5.82 Å². The highest BCUT2D eigenvalue weighted by molar-refractivity contribution is 5.47. The predicted octanol–water partition coefficient (Wildman–Crippen LogP) is 1.82. The molecule has 2 rings (SSSR count). The maximum Gasteiger partial charge on any atom is 0.145 e. The van der Waals surface area contributed by atoms with Gasteiger partial charge in [-0.2, -0.15) is 0 Å². The summed E-state index contributed by atoms with van der Waals surface area (Å²) in [6, 6.07) is 1.85. The summed E-state index contributed by atoms with van der Waals surface area (Å²) in [7, 11) is 0. The third kappa shape index (κ3) is 4.05. The molecule has 1 aromatic heterocycles. The van der Waals surface area contributed by atoms with Crippen molar-refractivity contribution in [2.45, 2.75) is 64.0 Å². The summed E-state index contributed by atoms with van der Waals surface area (Å²) in [6.07, 6.45) is 6.75. The lowest BCUT2D eigenvalue weighted by atomic mass is 10.1. The summed E-state index contributed by atoms with van der Waals surface area (Å²) in [5.41, 5.74) is 2.57. The standard InChI is InChI=1S/C14H25N5O/c1-2-6-12-17-13(9-14(18-12)19-15)16-10-7-4-3-5-8-11(10)20/h9-11,20H,2-8,15H2,1H3,(H2,16,17,18,19). The van der Waals surface area contributed by atoms with Gasteiger partial charge >= 0.3 is 0 Å². The molecule has 0 aromatic carbocycles. The van der Waals surface area contributed by atoms with E-state index in [2.05, 4.69) is 27.6 Å². The van der Waals surface area contributed by atoms with Crippen molar-refractivity contribution in [3.05, 3.63) is 11.9 Å². The van der Waals surface area contributed by atoms with Crippen molar-refractivity contribution in [2.24, 2.45) is 5.84 Å². The summed E-state index contributed by atoms with van der Waals surface area (Å²) in [4.78, 5) is 8.82. The van der Waals surface area contributed by atoms with Gasteiger partial charge in [0.25, 0.3) is 0 Å². The summed E-state index contributed by atoms with van der Waals surface area (Å²) >= 11 is 0. The Morgan fingerprint density at radius 3 is 2.75 bits per heavy atom. The van der Waals surface area contributed by atoms with Crippen molar-refractivity contribution in [3.63, 3.8) is 0 Å². The minimum atomic E-state index is -0.309. The smallest absolute Gasteiger partial charge is 0.145 e. The van der Waals surface area contributed by atoms with Crippen LogP contribution < -0.4 is 16.6 Å². The van der Waals surface area contributed by atoms with Gasteiger partial charge in [0.1, 0.15) is 17.5 Å². The number of nitrogens with zero attached hydrogens (tertiary/aromatic N) is 2. The van der Waals surface area contributed by atoms with Crippen LogP contribution in [0, 0.1) is 0 Å². The molecule has 2 atom stereocenters. The van der Waals surface area contributed by atoms with Crippen molar-refractivity contribution < 1.29 is 5.11 Å². The molecule has 1 heterocycles. The van der Waals surface area contributed by atoms with Crippen LogP contribution in [0.15, 0.2) is 6.07 Å². The second-order valence-electron chi connectivity index (χ2n) is 5.41. The summed E-state index contributed by atoms with van der Waals surface area (Å²) in [5, 5.41) is 13.5. The number of hydrazine groups is 1. The third-order valence-electron chi connectivity index (χ3n) is 3.71. The van der Waals surface area contributed by atoms with Crippen molar-refractivity contribution >= 4 is 11.6 Å². The molecule has 0 amide bonds. The van der Waals surface area contributed by atoms with Gasteiger partial charge in [0.05, 0.1) is 12.1 Å². The first-order valence-electron chi connectivity index (χ1n) is 7.52. The van der Waals surface area contributed by atoms with Gasteiger partial charge in [0.15, 0.2) is 0 Å². The largest absolute Gasteiger partial charge is 0.391 e. The Balaban J connectivity index is 2.12. The average Bonchev–Trinajstić information content (AvgIpc) is 2.64. The molecule has 1 aliphatic carbocycles. The van der Waals surface area contributed by atoms with E-state index in [1.54, 1.807) is 6.07 Å². The second-order valence-corrected chi connectivity index (χ2v) is 5.41. The van der Waals surface area contributed by atoms with E-state index in [9.17, 15) is 5.11 Å². The summed E-state index contributed by atoms with van der Waals surface area (Å²) in [5.74, 6) is 7.57. The van der Waals surface area contributed by atoms with Gasteiger partial charge in [-0.05, 0) is 19.3 Å². The zero-order valence-electron chi connectivity index (χ0n) is 12.1. The van der Waals surface area contributed by atoms with Gasteiger partial charge in [0, 0.05) is 12.5 Å². The molecule has 5 N–H and O–H groups in total. The lowest BCUT2D eigenvalue weighted by Gasteiger charge is -2.22. The van der Waals surface area contributed by atoms with Crippen LogP contribution >= 0.6 is 0 Å². The molecule has 0 bridgehead atoms. The fourth-order valence-electron chi connectivity index (χ4n) is 2.63. The van der Waals surface area contributed by atoms with Crippen molar-refractivity contribution in [1.82, 2.24) is 9.97 Å². The van der Waals surface area contributed by atoms with Crippen LogP contribution in [0.2, 0.25) is 0 Å². The number of hydrogen-bond acceptors (Lipinski definition) is 6. The van der Waals surface area contributed by atoms with E-state index in [1.165, 1.54) is 6.42 Å². The molecule has 0 radical (unpaired) electrons. The first-order valence-corrected chi connectivity index (χ1v) is 7.52. The first-order chi connectivity index (χ1) is 9.72. The average molecular weight is 279 g/mol. The quantitative estimate of drug-likeness (QED) is 0.373. The van der Waals surface area contributed by atoms with Crippen molar-refractivity contribution in [1.29, 1.82) is 0 Å². The molecule has 1 aromatic rings. The Morgan fingerprint density at radius 1 is 1.25 bits per heavy atom. The molecular formula is C14H25N5O. The third-order valence-corrected chi connectivity index (χ3v) is 3.71. The molecule has 6 nitrogen and oxygen atoms in total. The van der Waals surface area contributed by atoms with Crippen LogP contribution in [-0.4, -0.2) is 27.2 Å². The van der Waals surface area contributed by atoms with Crippen LogP contribution in [0.1, 0.15) is 51.3 Å². The number of aliphatic hydroxyl groups is 1. The predicted molar refractivity (Wildman–Crippen MR) is 80.3 cm³/mol. The number of aromatic nitrogens is 2. The van der Waals surface area contributed by atoms with Gasteiger partial charge < -0.3 is 15.8 Å². The van der Waals surface area contributed by atoms with Crippen molar-refractivity contribution in [3.8, 4) is 0 Å². The van der Waals surface area contributed by atoms with Gasteiger partial charge in [-0.25, -0.2) is 15.8 Å². The van der Waals surface area contributed by atoms with E-state index in [4.69, 9.17) is 5.84 Å². The van der Waals surface area contributed by atoms with Crippen LogP contribution in [0.25, 0.3) is 0 Å². The Morgan fingerprint density at radius 2 is 2.00 bits per heavy atom. The number of anilines is 2. The molecule has 0 saturated heterocycles. The maximum atomic E-state index is 10.2. The number of aliphatic hydroxyl groups excluding tert-OH is 1. The van der Waals surface area contributed by atoms with Crippen LogP contribution in [0.4, 0.5) is 11.6 Å². The number of nitrogens with two attached hydrogens (primary N) is 1. The molecule has 20 heavy (non-hydrogen) atoms. The topological polar surface area (TPSA) is 96.1 Å². The maximum absolute atomic E-state index is 10.2. The molecule has 0 aliphatic heterocycles. The van der Waals surface area contributed by atoms with Gasteiger partial charge in [0.2, 0.25) is 0 Å². The fraction of sp³-hybridized carbons (Fsp3) is 0.714. The summed E-state index contributed by atoms with van der Waals surface area (Å²) in [6.45, 7) is 2.09. The number of nitrogen functional groups attached to an aromatic ring is 1. The SMILES string of the molecule is CCCc1nc(NN)cc(NC2CCCCCC2O)n1. The Kier molecular flexibility index (Phi) is 5.55. The highest BCUT2D eigenvalue weighted by atomic mass is 16.3. The Hall–Kier alpha value is -1.40. The van der Waals surface area contributed by atoms with Crippen LogP contribution in [0.5, 0.6) is 0 Å². The Bertz CT molecular complexity index is 426. The summed E-state index contributed by atoms with van der Waals surface area (Å²) < 4.78 is 0. The normalized spacial score (nSPS) is 23.1. The van der Waals surface area contributed by atoms with E-state index >= 15 is 0 Å². The highest BCUT2D eigenvalue weighted by Crippen LogP contribution is 2.22. The van der Waals surface area contributed by atoms with Gasteiger partial charge in [-0.1, -0.05) is 26.2 Å². The second kappa shape index (κ2) is 7.40. The molecular weight excluding hydrogens is 254 g/mol. The monoisotopic (exact) mass is 279 g/mol. The minimum absolute atomic E-state index is 0.0625. The number of hydrogen-bond donors (Lipinski definition) is 4. The number of rotatable bonds is 5. The first kappa shape index (κ1) is 15.0. The van der Waals surface area contributed by atoms with Crippen LogP contribution in [0.3, 0.4) is 0 Å². The van der Waals surface area contributed by atoms with Gasteiger partial charge in [-0.3, -0.25) is 0 Å². The van der Waals surface area contributed by atoms with Gasteiger partial charge in [-0.15, -0.1) is 0 Å². The lowest BCUT2D eigenvalue weighted by molar-refractivity contribution is 0.144. The molecule has 6 heteroatoms. The Labute approximate surface area is 120 Å². The van der Waals surface area contributed by atoms with Crippen LogP contribution in [-0.2, 0) is 6.42 Å². The highest BCUT2D eigenvalue weighted by Gasteiger charge is 2.22. The zero-order chi connectivity index (χ0) is 14.4. The number of aryl methyl sites for hydroxylation is 1. The molecule has 2 unspecified atom stereocenters. The molecule has 1 saturated carbocycles. The molecule has 1 fully saturated rings. The fourth-order valence-corrected chi connectivity index (χ4v) is 2.63. The van der Waals surface area contributed by atoms with E-state index < -0.39 is 0 Å².